The minimum absolute atomic E-state index is 0.523. The van der Waals surface area contributed by atoms with Gasteiger partial charge in [0.05, 0.1) is 0 Å². The van der Waals surface area contributed by atoms with E-state index < -0.39 is 0 Å². The van der Waals surface area contributed by atoms with E-state index >= 15 is 0 Å². The van der Waals surface area contributed by atoms with Gasteiger partial charge in [-0.15, -0.1) is 0 Å². The summed E-state index contributed by atoms with van der Waals surface area (Å²) in [6, 6.07) is 4.53. The Kier molecular flexibility index (Phi) is 6.82. The smallest absolute Gasteiger partial charge is 0.131 e. The van der Waals surface area contributed by atoms with Crippen LogP contribution in [0.2, 0.25) is 0 Å². The van der Waals surface area contributed by atoms with E-state index in [2.05, 4.69) is 47.4 Å². The first-order valence-electron chi connectivity index (χ1n) is 8.45. The number of nitrogens with two attached hydrogens (primary N) is 1. The molecular formula is C20H28N4. The van der Waals surface area contributed by atoms with Gasteiger partial charge in [-0.3, -0.25) is 0 Å². The molecule has 0 saturated carbocycles. The molecule has 4 heteroatoms. The number of allylic oxidation sites excluding steroid dienone is 4. The Morgan fingerprint density at radius 2 is 2.08 bits per heavy atom. The van der Waals surface area contributed by atoms with E-state index in [4.69, 9.17) is 5.73 Å². The van der Waals surface area contributed by atoms with Crippen LogP contribution in [-0.2, 0) is 0 Å². The number of nitrogen functional groups attached to an aromatic ring is 1. The van der Waals surface area contributed by atoms with Gasteiger partial charge >= 0.3 is 0 Å². The van der Waals surface area contributed by atoms with Crippen molar-refractivity contribution in [3.05, 3.63) is 66.8 Å². The predicted molar refractivity (Wildman–Crippen MR) is 104 cm³/mol. The molecule has 2 rings (SSSR count). The van der Waals surface area contributed by atoms with Gasteiger partial charge in [-0.1, -0.05) is 43.5 Å². The number of hydrogen-bond acceptors (Lipinski definition) is 4. The van der Waals surface area contributed by atoms with Crippen molar-refractivity contribution in [2.75, 3.05) is 30.3 Å². The van der Waals surface area contributed by atoms with Crippen molar-refractivity contribution in [3.8, 4) is 0 Å². The van der Waals surface area contributed by atoms with Gasteiger partial charge in [0.2, 0.25) is 0 Å². The second-order valence-electron chi connectivity index (χ2n) is 6.14. The highest BCUT2D eigenvalue weighted by Crippen LogP contribution is 2.20. The molecular weight excluding hydrogens is 296 g/mol. The summed E-state index contributed by atoms with van der Waals surface area (Å²) in [6.07, 6.45) is 11.8. The third-order valence-corrected chi connectivity index (χ3v) is 4.21. The highest BCUT2D eigenvalue weighted by molar-refractivity contribution is 5.48. The van der Waals surface area contributed by atoms with E-state index in [0.717, 1.165) is 43.9 Å². The molecule has 0 aliphatic carbocycles. The van der Waals surface area contributed by atoms with E-state index in [1.165, 1.54) is 5.57 Å². The zero-order chi connectivity index (χ0) is 17.4. The molecule has 0 unspecified atom stereocenters. The fourth-order valence-electron chi connectivity index (χ4n) is 2.87. The van der Waals surface area contributed by atoms with Crippen LogP contribution in [0.15, 0.2) is 61.2 Å². The molecule has 0 spiro atoms. The quantitative estimate of drug-likeness (QED) is 0.755. The molecule has 0 bridgehead atoms. The molecule has 1 aliphatic rings. The zero-order valence-corrected chi connectivity index (χ0v) is 14.5. The Morgan fingerprint density at radius 1 is 1.33 bits per heavy atom. The Bertz CT molecular complexity index is 602. The average Bonchev–Trinajstić information content (AvgIpc) is 2.57. The van der Waals surface area contributed by atoms with Crippen molar-refractivity contribution in [3.63, 3.8) is 0 Å². The highest BCUT2D eigenvalue weighted by atomic mass is 15.2. The Hall–Kier alpha value is -2.33. The van der Waals surface area contributed by atoms with Gasteiger partial charge in [-0.25, -0.2) is 4.98 Å². The van der Waals surface area contributed by atoms with E-state index in [9.17, 15) is 0 Å². The molecule has 128 valence electrons. The summed E-state index contributed by atoms with van der Waals surface area (Å²) in [4.78, 5) is 6.78. The maximum atomic E-state index is 5.86. The zero-order valence-electron chi connectivity index (χ0n) is 14.5. The normalized spacial score (nSPS) is 16.5. The fraction of sp³-hybridized carbons (Fsp3) is 0.350. The lowest BCUT2D eigenvalue weighted by atomic mass is 10.0. The first kappa shape index (κ1) is 18.0. The van der Waals surface area contributed by atoms with E-state index in [1.807, 2.05) is 24.3 Å². The van der Waals surface area contributed by atoms with Gasteiger partial charge in [0, 0.05) is 25.7 Å². The summed E-state index contributed by atoms with van der Waals surface area (Å²) in [6.45, 7) is 12.4. The topological polar surface area (TPSA) is 54.2 Å². The summed E-state index contributed by atoms with van der Waals surface area (Å²) in [5, 5.41) is 3.62. The van der Waals surface area contributed by atoms with Crippen LogP contribution in [0.1, 0.15) is 18.4 Å². The van der Waals surface area contributed by atoms with Gasteiger partial charge in [-0.05, 0) is 43.0 Å². The first-order valence-corrected chi connectivity index (χ1v) is 8.45. The summed E-state index contributed by atoms with van der Waals surface area (Å²) >= 11 is 0. The third kappa shape index (κ3) is 5.39. The number of hydrogen-bond donors (Lipinski definition) is 2. The number of anilines is 2. The molecule has 24 heavy (non-hydrogen) atoms. The molecule has 1 fully saturated rings. The standard InChI is InChI=1S/C20H28N4/c1-4-6-7-8-17(5-2)15-22-18-9-11-24(12-10-18)20-14-16(3)13-19(21)23-20/h4-8,13-14,18,22H,1-2,9-12,15H2,3H3,(H2,21,23)/b7-6-,17-8+. The van der Waals surface area contributed by atoms with Gasteiger partial charge in [0.15, 0.2) is 0 Å². The molecule has 1 saturated heterocycles. The molecule has 1 aliphatic heterocycles. The van der Waals surface area contributed by atoms with Crippen LogP contribution in [0.25, 0.3) is 0 Å². The number of nitrogens with zero attached hydrogens (tertiary/aromatic N) is 2. The SMILES string of the molecule is C=C/C=C\C=C(/C=C)CNC1CCN(c2cc(C)cc(N)n2)CC1. The number of aromatic nitrogens is 1. The summed E-state index contributed by atoms with van der Waals surface area (Å²) in [7, 11) is 0. The van der Waals surface area contributed by atoms with Crippen LogP contribution in [-0.4, -0.2) is 30.7 Å². The predicted octanol–water partition coefficient (Wildman–Crippen LogP) is 3.39. The largest absolute Gasteiger partial charge is 0.384 e. The molecule has 0 atom stereocenters. The Labute approximate surface area is 145 Å². The molecule has 1 aromatic rings. The first-order chi connectivity index (χ1) is 11.6. The second kappa shape index (κ2) is 9.08. The third-order valence-electron chi connectivity index (χ3n) is 4.21. The van der Waals surface area contributed by atoms with Crippen molar-refractivity contribution in [1.82, 2.24) is 10.3 Å². The monoisotopic (exact) mass is 324 g/mol. The summed E-state index contributed by atoms with van der Waals surface area (Å²) < 4.78 is 0. The minimum atomic E-state index is 0.523. The van der Waals surface area contributed by atoms with Crippen molar-refractivity contribution in [2.24, 2.45) is 0 Å². The Balaban J connectivity index is 1.84. The van der Waals surface area contributed by atoms with Gasteiger partial charge in [-0.2, -0.15) is 0 Å². The number of pyridine rings is 1. The molecule has 2 heterocycles. The molecule has 0 aromatic carbocycles. The van der Waals surface area contributed by atoms with E-state index in [1.54, 1.807) is 6.08 Å². The molecule has 4 nitrogen and oxygen atoms in total. The van der Waals surface area contributed by atoms with Crippen LogP contribution in [0.3, 0.4) is 0 Å². The van der Waals surface area contributed by atoms with E-state index in [0.29, 0.717) is 11.9 Å². The lowest BCUT2D eigenvalue weighted by Crippen LogP contribution is -2.43. The van der Waals surface area contributed by atoms with Crippen LogP contribution in [0.4, 0.5) is 11.6 Å². The van der Waals surface area contributed by atoms with Crippen LogP contribution >= 0.6 is 0 Å². The van der Waals surface area contributed by atoms with Crippen LogP contribution in [0.5, 0.6) is 0 Å². The molecule has 1 aromatic heterocycles. The lowest BCUT2D eigenvalue weighted by molar-refractivity contribution is 0.427. The summed E-state index contributed by atoms with van der Waals surface area (Å²) in [5.41, 5.74) is 8.20. The number of rotatable bonds is 7. The number of aryl methyl sites for hydroxylation is 1. The summed E-state index contributed by atoms with van der Waals surface area (Å²) in [5.74, 6) is 1.59. The minimum Gasteiger partial charge on any atom is -0.384 e. The van der Waals surface area contributed by atoms with E-state index in [-0.39, 0.29) is 0 Å². The number of nitrogens with one attached hydrogen (secondary N) is 1. The lowest BCUT2D eigenvalue weighted by Gasteiger charge is -2.33. The van der Waals surface area contributed by atoms with Crippen molar-refractivity contribution in [1.29, 1.82) is 0 Å². The van der Waals surface area contributed by atoms with Crippen molar-refractivity contribution < 1.29 is 0 Å². The van der Waals surface area contributed by atoms with Gasteiger partial charge in [0.1, 0.15) is 11.6 Å². The van der Waals surface area contributed by atoms with Crippen molar-refractivity contribution >= 4 is 11.6 Å². The van der Waals surface area contributed by atoms with Gasteiger partial charge in [0.25, 0.3) is 0 Å². The molecule has 0 radical (unpaired) electrons. The van der Waals surface area contributed by atoms with Crippen LogP contribution < -0.4 is 16.0 Å². The number of piperidine rings is 1. The van der Waals surface area contributed by atoms with Crippen LogP contribution in [0, 0.1) is 6.92 Å². The van der Waals surface area contributed by atoms with Crippen molar-refractivity contribution in [2.45, 2.75) is 25.8 Å². The van der Waals surface area contributed by atoms with Gasteiger partial charge < -0.3 is 16.0 Å². The highest BCUT2D eigenvalue weighted by Gasteiger charge is 2.20. The fourth-order valence-corrected chi connectivity index (χ4v) is 2.87. The Morgan fingerprint density at radius 3 is 2.71 bits per heavy atom. The maximum Gasteiger partial charge on any atom is 0.131 e. The molecule has 3 N–H and O–H groups in total. The maximum absolute atomic E-state index is 5.86. The molecule has 0 amide bonds. The second-order valence-corrected chi connectivity index (χ2v) is 6.14. The average molecular weight is 324 g/mol.